The third-order valence-electron chi connectivity index (χ3n) is 4.40. The summed E-state index contributed by atoms with van der Waals surface area (Å²) in [6.07, 6.45) is 3.49. The predicted molar refractivity (Wildman–Crippen MR) is 108 cm³/mol. The van der Waals surface area contributed by atoms with Crippen LogP contribution in [-0.4, -0.2) is 53.0 Å². The average Bonchev–Trinajstić information content (AvgIpc) is 3.25. The molecule has 0 aliphatic carbocycles. The molecular weight excluding hydrogens is 408 g/mol. The molecule has 1 aromatic heterocycles. The minimum atomic E-state index is -3.11. The van der Waals surface area contributed by atoms with Crippen LogP contribution in [0.25, 0.3) is 6.08 Å². The van der Waals surface area contributed by atoms with E-state index in [0.717, 1.165) is 11.8 Å². The van der Waals surface area contributed by atoms with Crippen LogP contribution >= 0.6 is 24.0 Å². The summed E-state index contributed by atoms with van der Waals surface area (Å²) in [6.45, 7) is 3.65. The molecule has 27 heavy (non-hydrogen) atoms. The molecule has 10 heteroatoms. The molecule has 1 aromatic rings. The minimum Gasteiger partial charge on any atom is -0.465 e. The third kappa shape index (κ3) is 4.44. The Balaban J connectivity index is 1.79. The number of nitrogens with zero attached hydrogens (tertiary/aromatic N) is 1. The van der Waals surface area contributed by atoms with E-state index >= 15 is 0 Å². The zero-order chi connectivity index (χ0) is 19.8. The maximum Gasteiger partial charge on any atom is 0.267 e. The van der Waals surface area contributed by atoms with Gasteiger partial charge in [0.25, 0.3) is 5.91 Å². The predicted octanol–water partition coefficient (Wildman–Crippen LogP) is 1.81. The monoisotopic (exact) mass is 428 g/mol. The molecule has 2 atom stereocenters. The molecule has 0 spiro atoms. The van der Waals surface area contributed by atoms with Crippen LogP contribution in [0.2, 0.25) is 0 Å². The number of carbonyl (C=O) groups excluding carboxylic acids is 2. The summed E-state index contributed by atoms with van der Waals surface area (Å²) in [7, 11) is -3.11. The standard InChI is InChI=1S/C17H20N2O5S3/c1-10(2)14(15(20)18-11-5-7-27(22,23)9-11)19-16(21)13(26-17(19)25)8-12-4-3-6-24-12/h3-4,6,8,10-11,14H,5,7,9H2,1-2H3,(H,18,20)/b13-8-/t11-,14-/m0/s1. The van der Waals surface area contributed by atoms with Crippen LogP contribution in [0.3, 0.4) is 0 Å². The highest BCUT2D eigenvalue weighted by molar-refractivity contribution is 8.26. The van der Waals surface area contributed by atoms with Gasteiger partial charge in [0.2, 0.25) is 5.91 Å². The highest BCUT2D eigenvalue weighted by Crippen LogP contribution is 2.35. The van der Waals surface area contributed by atoms with Crippen LogP contribution in [0, 0.1) is 5.92 Å². The Morgan fingerprint density at radius 1 is 1.48 bits per heavy atom. The van der Waals surface area contributed by atoms with E-state index in [1.807, 2.05) is 13.8 Å². The first-order valence-corrected chi connectivity index (χ1v) is 11.5. The summed E-state index contributed by atoms with van der Waals surface area (Å²) < 4.78 is 28.8. The summed E-state index contributed by atoms with van der Waals surface area (Å²) in [5, 5.41) is 2.78. The van der Waals surface area contributed by atoms with Crippen molar-refractivity contribution in [1.29, 1.82) is 0 Å². The van der Waals surface area contributed by atoms with Crippen molar-refractivity contribution >= 4 is 56.0 Å². The van der Waals surface area contributed by atoms with E-state index < -0.39 is 21.9 Å². The highest BCUT2D eigenvalue weighted by atomic mass is 32.2. The molecule has 0 radical (unpaired) electrons. The Bertz CT molecular complexity index is 890. The van der Waals surface area contributed by atoms with Gasteiger partial charge in [-0.15, -0.1) is 0 Å². The summed E-state index contributed by atoms with van der Waals surface area (Å²) in [6, 6.07) is 2.20. The second kappa shape index (κ2) is 7.76. The lowest BCUT2D eigenvalue weighted by Crippen LogP contribution is -2.53. The first-order chi connectivity index (χ1) is 12.7. The van der Waals surface area contributed by atoms with Gasteiger partial charge in [-0.25, -0.2) is 8.42 Å². The molecule has 0 unspecified atom stereocenters. The fraction of sp³-hybridized carbons (Fsp3) is 0.471. The van der Waals surface area contributed by atoms with Gasteiger partial charge >= 0.3 is 0 Å². The van der Waals surface area contributed by atoms with Gasteiger partial charge in [-0.1, -0.05) is 37.8 Å². The molecule has 3 rings (SSSR count). The van der Waals surface area contributed by atoms with Crippen LogP contribution in [0.5, 0.6) is 0 Å². The van der Waals surface area contributed by atoms with Gasteiger partial charge in [-0.05, 0) is 24.5 Å². The fourth-order valence-electron chi connectivity index (χ4n) is 3.14. The number of carbonyl (C=O) groups is 2. The highest BCUT2D eigenvalue weighted by Gasteiger charge is 2.43. The molecular formula is C17H20N2O5S3. The van der Waals surface area contributed by atoms with E-state index in [-0.39, 0.29) is 29.2 Å². The topological polar surface area (TPSA) is 96.7 Å². The van der Waals surface area contributed by atoms with Gasteiger partial charge in [0, 0.05) is 12.1 Å². The molecule has 1 N–H and O–H groups in total. The van der Waals surface area contributed by atoms with E-state index in [4.69, 9.17) is 16.6 Å². The first kappa shape index (κ1) is 20.1. The Morgan fingerprint density at radius 2 is 2.22 bits per heavy atom. The van der Waals surface area contributed by atoms with Gasteiger partial charge in [-0.3, -0.25) is 14.5 Å². The number of nitrogens with one attached hydrogen (secondary N) is 1. The lowest BCUT2D eigenvalue weighted by Gasteiger charge is -2.29. The van der Waals surface area contributed by atoms with Crippen LogP contribution in [0.15, 0.2) is 27.7 Å². The molecule has 2 aliphatic heterocycles. The van der Waals surface area contributed by atoms with E-state index in [0.29, 0.717) is 21.4 Å². The van der Waals surface area contributed by atoms with Crippen LogP contribution in [0.1, 0.15) is 26.0 Å². The summed E-state index contributed by atoms with van der Waals surface area (Å²) >= 11 is 6.46. The SMILES string of the molecule is CC(C)[C@@H](C(=O)N[C@H]1CCS(=O)(=O)C1)N1C(=O)/C(=C/c2ccco2)SC1=S. The van der Waals surface area contributed by atoms with Crippen molar-refractivity contribution in [2.45, 2.75) is 32.4 Å². The molecule has 0 saturated carbocycles. The number of sulfone groups is 1. The molecule has 146 valence electrons. The lowest BCUT2D eigenvalue weighted by atomic mass is 10.0. The van der Waals surface area contributed by atoms with Crippen molar-refractivity contribution < 1.29 is 22.4 Å². The van der Waals surface area contributed by atoms with Crippen molar-refractivity contribution in [2.75, 3.05) is 11.5 Å². The Kier molecular flexibility index (Phi) is 5.78. The van der Waals surface area contributed by atoms with Crippen molar-refractivity contribution in [2.24, 2.45) is 5.92 Å². The van der Waals surface area contributed by atoms with Crippen molar-refractivity contribution in [3.05, 3.63) is 29.1 Å². The molecule has 3 heterocycles. The van der Waals surface area contributed by atoms with E-state index in [2.05, 4.69) is 5.32 Å². The van der Waals surface area contributed by atoms with Gasteiger partial charge < -0.3 is 9.73 Å². The largest absolute Gasteiger partial charge is 0.465 e. The van der Waals surface area contributed by atoms with Gasteiger partial charge in [0.05, 0.1) is 22.7 Å². The number of thiocarbonyl (C=S) groups is 1. The molecule has 0 bridgehead atoms. The maximum atomic E-state index is 12.9. The number of rotatable bonds is 5. The second-order valence-electron chi connectivity index (χ2n) is 6.86. The zero-order valence-corrected chi connectivity index (χ0v) is 17.3. The smallest absolute Gasteiger partial charge is 0.267 e. The Hall–Kier alpha value is -1.65. The molecule has 2 amide bonds. The van der Waals surface area contributed by atoms with Gasteiger partial charge in [0.15, 0.2) is 9.84 Å². The number of amides is 2. The minimum absolute atomic E-state index is 0.0667. The molecule has 2 saturated heterocycles. The van der Waals surface area contributed by atoms with Crippen LogP contribution < -0.4 is 5.32 Å². The van der Waals surface area contributed by atoms with Gasteiger partial charge in [-0.2, -0.15) is 0 Å². The number of hydrogen-bond donors (Lipinski definition) is 1. The number of furan rings is 1. The number of thioether (sulfide) groups is 1. The average molecular weight is 429 g/mol. The van der Waals surface area contributed by atoms with Crippen LogP contribution in [0.4, 0.5) is 0 Å². The lowest BCUT2D eigenvalue weighted by molar-refractivity contribution is -0.134. The van der Waals surface area contributed by atoms with Crippen molar-refractivity contribution in [1.82, 2.24) is 10.2 Å². The van der Waals surface area contributed by atoms with Crippen LogP contribution in [-0.2, 0) is 19.4 Å². The molecule has 7 nitrogen and oxygen atoms in total. The van der Waals surface area contributed by atoms with Crippen molar-refractivity contribution in [3.8, 4) is 0 Å². The third-order valence-corrected chi connectivity index (χ3v) is 7.50. The Morgan fingerprint density at radius 3 is 2.78 bits per heavy atom. The molecule has 2 aliphatic rings. The fourth-order valence-corrected chi connectivity index (χ4v) is 6.12. The van der Waals surface area contributed by atoms with E-state index in [1.54, 1.807) is 18.2 Å². The van der Waals surface area contributed by atoms with E-state index in [1.165, 1.54) is 11.2 Å². The molecule has 2 fully saturated rings. The maximum absolute atomic E-state index is 12.9. The summed E-state index contributed by atoms with van der Waals surface area (Å²) in [5.41, 5.74) is 0. The normalized spacial score (nSPS) is 24.8. The van der Waals surface area contributed by atoms with E-state index in [9.17, 15) is 18.0 Å². The quantitative estimate of drug-likeness (QED) is 0.564. The Labute approximate surface area is 167 Å². The second-order valence-corrected chi connectivity index (χ2v) is 10.8. The summed E-state index contributed by atoms with van der Waals surface area (Å²) in [4.78, 5) is 27.4. The van der Waals surface area contributed by atoms with Gasteiger partial charge in [0.1, 0.15) is 16.1 Å². The summed E-state index contributed by atoms with van der Waals surface area (Å²) in [5.74, 6) is -0.417. The van der Waals surface area contributed by atoms with Crippen molar-refractivity contribution in [3.63, 3.8) is 0 Å². The number of hydrogen-bond acceptors (Lipinski definition) is 7. The molecule has 0 aromatic carbocycles. The zero-order valence-electron chi connectivity index (χ0n) is 14.9. The first-order valence-electron chi connectivity index (χ1n) is 8.49.